The fourth-order valence-electron chi connectivity index (χ4n) is 1.31. The van der Waals surface area contributed by atoms with E-state index in [0.717, 1.165) is 5.56 Å². The molecule has 0 aliphatic rings. The normalized spacial score (nSPS) is 10.1. The van der Waals surface area contributed by atoms with E-state index in [4.69, 9.17) is 0 Å². The lowest BCUT2D eigenvalue weighted by atomic mass is 10.2. The first-order chi connectivity index (χ1) is 7.68. The van der Waals surface area contributed by atoms with E-state index in [1.54, 1.807) is 29.6 Å². The lowest BCUT2D eigenvalue weighted by Gasteiger charge is -2.13. The van der Waals surface area contributed by atoms with Gasteiger partial charge in [-0.2, -0.15) is 5.06 Å². The van der Waals surface area contributed by atoms with Crippen molar-refractivity contribution < 1.29 is 10.0 Å². The number of carbonyl (C=O) groups is 1. The van der Waals surface area contributed by atoms with Crippen LogP contribution in [0, 0.1) is 6.92 Å². The highest BCUT2D eigenvalue weighted by Gasteiger charge is 2.15. The second kappa shape index (κ2) is 4.47. The molecular formula is C12H11NO2S. The van der Waals surface area contributed by atoms with Crippen LogP contribution in [0.25, 0.3) is 0 Å². The van der Waals surface area contributed by atoms with E-state index in [1.165, 1.54) is 11.3 Å². The van der Waals surface area contributed by atoms with Gasteiger partial charge < -0.3 is 0 Å². The summed E-state index contributed by atoms with van der Waals surface area (Å²) in [5, 5.41) is 12.2. The van der Waals surface area contributed by atoms with Crippen LogP contribution in [0.1, 0.15) is 15.2 Å². The Hall–Kier alpha value is -1.65. The summed E-state index contributed by atoms with van der Waals surface area (Å²) in [6, 6.07) is 10.6. The Morgan fingerprint density at radius 1 is 1.25 bits per heavy atom. The van der Waals surface area contributed by atoms with E-state index >= 15 is 0 Å². The number of hydrogen-bond donors (Lipinski definition) is 1. The van der Waals surface area contributed by atoms with Crippen LogP contribution in [0.3, 0.4) is 0 Å². The average molecular weight is 233 g/mol. The third kappa shape index (κ3) is 2.13. The molecule has 2 rings (SSSR count). The molecule has 0 saturated carbocycles. The lowest BCUT2D eigenvalue weighted by molar-refractivity contribution is 0.0859. The predicted molar refractivity (Wildman–Crippen MR) is 64.1 cm³/mol. The maximum Gasteiger partial charge on any atom is 0.292 e. The molecule has 0 atom stereocenters. The average Bonchev–Trinajstić information content (AvgIpc) is 2.81. The topological polar surface area (TPSA) is 40.5 Å². The Bertz CT molecular complexity index is 476. The van der Waals surface area contributed by atoms with Crippen molar-refractivity contribution in [2.45, 2.75) is 6.92 Å². The van der Waals surface area contributed by atoms with Gasteiger partial charge >= 0.3 is 0 Å². The molecule has 0 fully saturated rings. The van der Waals surface area contributed by atoms with Crippen molar-refractivity contribution in [3.63, 3.8) is 0 Å². The van der Waals surface area contributed by atoms with Crippen molar-refractivity contribution in [3.8, 4) is 0 Å². The van der Waals surface area contributed by atoms with Gasteiger partial charge in [0.25, 0.3) is 5.91 Å². The summed E-state index contributed by atoms with van der Waals surface area (Å²) >= 11 is 1.31. The molecule has 0 spiro atoms. The number of amides is 1. The van der Waals surface area contributed by atoms with Gasteiger partial charge in [0.2, 0.25) is 0 Å². The van der Waals surface area contributed by atoms with Crippen LogP contribution in [-0.4, -0.2) is 11.1 Å². The fourth-order valence-corrected chi connectivity index (χ4v) is 1.96. The van der Waals surface area contributed by atoms with Gasteiger partial charge in [0.1, 0.15) is 0 Å². The minimum absolute atomic E-state index is 0.404. The maximum absolute atomic E-state index is 11.8. The summed E-state index contributed by atoms with van der Waals surface area (Å²) in [5.41, 5.74) is 1.56. The van der Waals surface area contributed by atoms with E-state index in [1.807, 2.05) is 19.1 Å². The van der Waals surface area contributed by atoms with Gasteiger partial charge in [-0.1, -0.05) is 23.8 Å². The summed E-state index contributed by atoms with van der Waals surface area (Å²) in [4.78, 5) is 12.3. The van der Waals surface area contributed by atoms with Crippen molar-refractivity contribution in [1.82, 2.24) is 0 Å². The van der Waals surface area contributed by atoms with Gasteiger partial charge in [-0.05, 0) is 30.5 Å². The Morgan fingerprint density at radius 2 is 1.94 bits per heavy atom. The van der Waals surface area contributed by atoms with E-state index in [0.29, 0.717) is 15.6 Å². The summed E-state index contributed by atoms with van der Waals surface area (Å²) in [7, 11) is 0. The number of aryl methyl sites for hydroxylation is 1. The minimum Gasteiger partial charge on any atom is -0.281 e. The Balaban J connectivity index is 2.22. The van der Waals surface area contributed by atoms with Crippen molar-refractivity contribution in [3.05, 3.63) is 52.2 Å². The van der Waals surface area contributed by atoms with Crippen LogP contribution in [0.4, 0.5) is 5.69 Å². The standard InChI is InChI=1S/C12H11NO2S/c1-9-4-6-10(7-5-9)13(15)12(14)11-3-2-8-16-11/h2-8,15H,1H3. The molecule has 2 aromatic rings. The van der Waals surface area contributed by atoms with Gasteiger partial charge in [-0.3, -0.25) is 10.0 Å². The third-order valence-corrected chi connectivity index (χ3v) is 3.06. The minimum atomic E-state index is -0.404. The first-order valence-electron chi connectivity index (χ1n) is 4.82. The summed E-state index contributed by atoms with van der Waals surface area (Å²) < 4.78 is 0. The number of nitrogens with zero attached hydrogens (tertiary/aromatic N) is 1. The van der Waals surface area contributed by atoms with E-state index in [9.17, 15) is 10.0 Å². The summed E-state index contributed by atoms with van der Waals surface area (Å²) in [6.45, 7) is 1.95. The number of thiophene rings is 1. The molecule has 1 heterocycles. The van der Waals surface area contributed by atoms with Crippen LogP contribution in [-0.2, 0) is 0 Å². The molecule has 1 amide bonds. The van der Waals surface area contributed by atoms with E-state index in [2.05, 4.69) is 0 Å². The first-order valence-corrected chi connectivity index (χ1v) is 5.70. The molecule has 1 N–H and O–H groups in total. The Labute approximate surface area is 97.5 Å². The molecular weight excluding hydrogens is 222 g/mol. The van der Waals surface area contributed by atoms with Crippen LogP contribution in [0.5, 0.6) is 0 Å². The SMILES string of the molecule is Cc1ccc(N(O)C(=O)c2cccs2)cc1. The molecule has 16 heavy (non-hydrogen) atoms. The Kier molecular flexibility index (Phi) is 3.03. The van der Waals surface area contributed by atoms with Crippen molar-refractivity contribution >= 4 is 22.9 Å². The van der Waals surface area contributed by atoms with Crippen molar-refractivity contribution in [2.75, 3.05) is 5.06 Å². The molecule has 82 valence electrons. The monoisotopic (exact) mass is 233 g/mol. The van der Waals surface area contributed by atoms with Gasteiger partial charge in [0.05, 0.1) is 10.6 Å². The molecule has 0 radical (unpaired) electrons. The van der Waals surface area contributed by atoms with E-state index < -0.39 is 5.91 Å². The predicted octanol–water partition coefficient (Wildman–Crippen LogP) is 3.09. The zero-order valence-electron chi connectivity index (χ0n) is 8.75. The number of carbonyl (C=O) groups excluding carboxylic acids is 1. The highest BCUT2D eigenvalue weighted by atomic mass is 32.1. The molecule has 1 aromatic heterocycles. The van der Waals surface area contributed by atoms with Crippen molar-refractivity contribution in [1.29, 1.82) is 0 Å². The number of hydrogen-bond acceptors (Lipinski definition) is 3. The zero-order valence-corrected chi connectivity index (χ0v) is 9.57. The molecule has 0 saturated heterocycles. The van der Waals surface area contributed by atoms with Crippen LogP contribution < -0.4 is 5.06 Å². The third-order valence-electron chi connectivity index (χ3n) is 2.20. The zero-order chi connectivity index (χ0) is 11.5. The molecule has 0 aliphatic carbocycles. The highest BCUT2D eigenvalue weighted by molar-refractivity contribution is 7.12. The smallest absolute Gasteiger partial charge is 0.281 e. The highest BCUT2D eigenvalue weighted by Crippen LogP contribution is 2.18. The van der Waals surface area contributed by atoms with Crippen LogP contribution >= 0.6 is 11.3 Å². The fraction of sp³-hybridized carbons (Fsp3) is 0.0833. The van der Waals surface area contributed by atoms with Crippen LogP contribution in [0.2, 0.25) is 0 Å². The number of hydroxylamine groups is 1. The largest absolute Gasteiger partial charge is 0.292 e. The number of benzene rings is 1. The number of rotatable bonds is 2. The molecule has 0 aliphatic heterocycles. The lowest BCUT2D eigenvalue weighted by Crippen LogP contribution is -2.26. The Morgan fingerprint density at radius 3 is 2.50 bits per heavy atom. The number of anilines is 1. The molecule has 0 unspecified atom stereocenters. The van der Waals surface area contributed by atoms with Crippen molar-refractivity contribution in [2.24, 2.45) is 0 Å². The van der Waals surface area contributed by atoms with Gasteiger partial charge in [-0.15, -0.1) is 11.3 Å². The van der Waals surface area contributed by atoms with Gasteiger partial charge in [-0.25, -0.2) is 0 Å². The quantitative estimate of drug-likeness (QED) is 0.639. The van der Waals surface area contributed by atoms with Gasteiger partial charge in [0.15, 0.2) is 0 Å². The maximum atomic E-state index is 11.8. The van der Waals surface area contributed by atoms with E-state index in [-0.39, 0.29) is 0 Å². The van der Waals surface area contributed by atoms with Gasteiger partial charge in [0, 0.05) is 0 Å². The molecule has 1 aromatic carbocycles. The molecule has 4 heteroatoms. The second-order valence-electron chi connectivity index (χ2n) is 3.43. The summed E-state index contributed by atoms with van der Waals surface area (Å²) in [5.74, 6) is -0.404. The summed E-state index contributed by atoms with van der Waals surface area (Å²) in [6.07, 6.45) is 0. The second-order valence-corrected chi connectivity index (χ2v) is 4.38. The first kappa shape index (κ1) is 10.9. The molecule has 3 nitrogen and oxygen atoms in total. The molecule has 0 bridgehead atoms. The van der Waals surface area contributed by atoms with Crippen LogP contribution in [0.15, 0.2) is 41.8 Å².